The van der Waals surface area contributed by atoms with Gasteiger partial charge in [-0.15, -0.1) is 0 Å². The minimum atomic E-state index is -1.92. The summed E-state index contributed by atoms with van der Waals surface area (Å²) in [5.41, 5.74) is 1.22. The molecule has 5 nitrogen and oxygen atoms in total. The second-order valence-electron chi connectivity index (χ2n) is 10.2. The number of carbonyl (C=O) groups is 1. The number of rotatable bonds is 20. The summed E-state index contributed by atoms with van der Waals surface area (Å²) >= 11 is 0. The van der Waals surface area contributed by atoms with Gasteiger partial charge in [0, 0.05) is 20.0 Å². The maximum atomic E-state index is 9.06. The van der Waals surface area contributed by atoms with Gasteiger partial charge in [-0.05, 0) is 80.4 Å². The minimum Gasteiger partial charge on any atom is -0.494 e. The number of aliphatic hydroxyl groups is 1. The van der Waals surface area contributed by atoms with E-state index in [0.717, 1.165) is 51.2 Å². The Bertz CT molecular complexity index is 1150. The molecule has 0 amide bonds. The first kappa shape index (κ1) is 37.5. The third-order valence-corrected chi connectivity index (χ3v) is 11.4. The number of benzene rings is 2. The molecule has 0 bridgehead atoms. The lowest BCUT2D eigenvalue weighted by atomic mass is 10.1. The lowest BCUT2D eigenvalue weighted by molar-refractivity contribution is -0.134. The van der Waals surface area contributed by atoms with Crippen LogP contribution in [0.1, 0.15) is 44.6 Å². The number of unbranched alkanes of at least 4 members (excludes halogenated alkanes) is 4. The average molecular weight is 605 g/mol. The fourth-order valence-corrected chi connectivity index (χ4v) is 9.28. The summed E-state index contributed by atoms with van der Waals surface area (Å²) in [4.78, 5) is 11.1. The number of hydrogen-bond donors (Lipinski definition) is 2. The van der Waals surface area contributed by atoms with Crippen molar-refractivity contribution < 1.29 is 19.7 Å². The standard InChI is InChI=1S/C35H47NO2P.C2H4O2/c1-6-18-33(8-3)39(34(9-4)19-7-2,35-20-14-13-15-21-35)29-17-12-10-11-16-28-38-32-24-22-31(23-25-32)30-36(5)26-27-37;1-2(3)4/h6-9,13-15,18-25,37H,1-4,10-12,16-17,26-30H2,5H3;1H3,(H,3,4)/q+1;/b33-18+,34-19+;. The molecule has 0 saturated carbocycles. The van der Waals surface area contributed by atoms with Crippen molar-refractivity contribution in [3.8, 4) is 5.75 Å². The van der Waals surface area contributed by atoms with Gasteiger partial charge in [0.15, 0.2) is 0 Å². The van der Waals surface area contributed by atoms with Crippen molar-refractivity contribution in [3.63, 3.8) is 0 Å². The van der Waals surface area contributed by atoms with Gasteiger partial charge in [0.25, 0.3) is 5.97 Å². The van der Waals surface area contributed by atoms with E-state index in [1.807, 2.05) is 43.5 Å². The molecule has 0 fully saturated rings. The van der Waals surface area contributed by atoms with Crippen LogP contribution in [0, 0.1) is 0 Å². The maximum Gasteiger partial charge on any atom is 0.300 e. The van der Waals surface area contributed by atoms with Crippen LogP contribution in [0.3, 0.4) is 0 Å². The van der Waals surface area contributed by atoms with Crippen LogP contribution in [0.5, 0.6) is 5.75 Å². The Morgan fingerprint density at radius 3 is 1.91 bits per heavy atom. The highest BCUT2D eigenvalue weighted by Crippen LogP contribution is 2.71. The summed E-state index contributed by atoms with van der Waals surface area (Å²) in [6.07, 6.45) is 18.7. The SMILES string of the molecule is C=C/C=C(\C=C)[P+](CCCCCCCOc1ccc(CN(C)CCO)cc1)(/C(C=C)=C/C=C)c1ccccc1.CC(=O)O. The number of likely N-dealkylation sites (N-methyl/N-ethyl adjacent to an activating group) is 1. The van der Waals surface area contributed by atoms with Gasteiger partial charge in [-0.2, -0.15) is 0 Å². The summed E-state index contributed by atoms with van der Waals surface area (Å²) in [5.74, 6) is 0.0814. The molecule has 2 rings (SSSR count). The van der Waals surface area contributed by atoms with Gasteiger partial charge in [-0.25, -0.2) is 0 Å². The summed E-state index contributed by atoms with van der Waals surface area (Å²) in [6, 6.07) is 19.1. The van der Waals surface area contributed by atoms with Crippen LogP contribution in [0.2, 0.25) is 0 Å². The molecule has 0 atom stereocenters. The van der Waals surface area contributed by atoms with Gasteiger partial charge >= 0.3 is 0 Å². The van der Waals surface area contributed by atoms with Crippen LogP contribution < -0.4 is 10.0 Å². The van der Waals surface area contributed by atoms with Gasteiger partial charge in [-0.1, -0.05) is 81.6 Å². The van der Waals surface area contributed by atoms with Crippen molar-refractivity contribution in [1.29, 1.82) is 0 Å². The summed E-state index contributed by atoms with van der Waals surface area (Å²) < 4.78 is 5.97. The molecule has 6 heteroatoms. The molecule has 0 aromatic heterocycles. The Hall–Kier alpha value is -3.50. The van der Waals surface area contributed by atoms with Crippen LogP contribution in [0.4, 0.5) is 0 Å². The molecule has 2 aromatic rings. The zero-order chi connectivity index (χ0) is 31.9. The first-order valence-electron chi connectivity index (χ1n) is 14.8. The molecule has 0 unspecified atom stereocenters. The monoisotopic (exact) mass is 604 g/mol. The molecule has 0 aliphatic carbocycles. The van der Waals surface area contributed by atoms with E-state index < -0.39 is 13.2 Å². The molecular formula is C37H51NO4P+. The van der Waals surface area contributed by atoms with Gasteiger partial charge in [0.2, 0.25) is 0 Å². The highest BCUT2D eigenvalue weighted by Gasteiger charge is 2.45. The number of carboxylic acids is 1. The Balaban J connectivity index is 0.00000217. The predicted molar refractivity (Wildman–Crippen MR) is 187 cm³/mol. The van der Waals surface area contributed by atoms with Crippen molar-refractivity contribution in [2.45, 2.75) is 45.6 Å². The fourth-order valence-electron chi connectivity index (χ4n) is 4.88. The Labute approximate surface area is 260 Å². The normalized spacial score (nSPS) is 12.8. The van der Waals surface area contributed by atoms with E-state index in [9.17, 15) is 0 Å². The molecule has 232 valence electrons. The molecule has 0 aliphatic heterocycles. The van der Waals surface area contributed by atoms with Crippen LogP contribution in [0.25, 0.3) is 0 Å². The highest BCUT2D eigenvalue weighted by atomic mass is 31.2. The molecule has 2 N–H and O–H groups in total. The Morgan fingerprint density at radius 1 is 0.860 bits per heavy atom. The third-order valence-electron chi connectivity index (χ3n) is 6.84. The lowest BCUT2D eigenvalue weighted by Gasteiger charge is -2.29. The van der Waals surface area contributed by atoms with Crippen molar-refractivity contribution in [3.05, 3.63) is 134 Å². The number of aliphatic carboxylic acids is 1. The van der Waals surface area contributed by atoms with Crippen molar-refractivity contribution in [1.82, 2.24) is 4.90 Å². The van der Waals surface area contributed by atoms with Crippen LogP contribution in [-0.2, 0) is 11.3 Å². The van der Waals surface area contributed by atoms with E-state index in [1.54, 1.807) is 0 Å². The van der Waals surface area contributed by atoms with Crippen LogP contribution >= 0.6 is 7.26 Å². The Kier molecular flexibility index (Phi) is 19.3. The number of hydrogen-bond acceptors (Lipinski definition) is 4. The van der Waals surface area contributed by atoms with Crippen molar-refractivity contribution >= 4 is 18.5 Å². The van der Waals surface area contributed by atoms with Crippen LogP contribution in [-0.4, -0.2) is 54.1 Å². The van der Waals surface area contributed by atoms with E-state index in [2.05, 4.69) is 85.8 Å². The topological polar surface area (TPSA) is 70.0 Å². The first-order chi connectivity index (χ1) is 20.8. The van der Waals surface area contributed by atoms with E-state index in [0.29, 0.717) is 6.54 Å². The van der Waals surface area contributed by atoms with Crippen molar-refractivity contribution in [2.24, 2.45) is 0 Å². The predicted octanol–water partition coefficient (Wildman–Crippen LogP) is 8.39. The zero-order valence-corrected chi connectivity index (χ0v) is 27.1. The number of allylic oxidation sites excluding steroid dienone is 8. The second kappa shape index (κ2) is 22.1. The molecule has 0 radical (unpaired) electrons. The molecule has 0 saturated heterocycles. The minimum absolute atomic E-state index is 0.178. The van der Waals surface area contributed by atoms with E-state index in [-0.39, 0.29) is 6.61 Å². The number of nitrogens with zero attached hydrogens (tertiary/aromatic N) is 1. The largest absolute Gasteiger partial charge is 0.494 e. The summed E-state index contributed by atoms with van der Waals surface area (Å²) in [7, 11) is 0.0936. The number of aliphatic hydroxyl groups excluding tert-OH is 1. The first-order valence-corrected chi connectivity index (χ1v) is 16.8. The van der Waals surface area contributed by atoms with Crippen molar-refractivity contribution in [2.75, 3.05) is 33.0 Å². The quantitative estimate of drug-likeness (QED) is 0.0903. The smallest absolute Gasteiger partial charge is 0.300 e. The number of ether oxygens (including phenoxy) is 1. The van der Waals surface area contributed by atoms with Gasteiger partial charge in [-0.3, -0.25) is 9.69 Å². The highest BCUT2D eigenvalue weighted by molar-refractivity contribution is 7.90. The Morgan fingerprint density at radius 2 is 1.40 bits per heavy atom. The lowest BCUT2D eigenvalue weighted by Crippen LogP contribution is -2.21. The molecular weight excluding hydrogens is 553 g/mol. The summed E-state index contributed by atoms with van der Waals surface area (Å²) in [6.45, 7) is 19.8. The average Bonchev–Trinajstić information content (AvgIpc) is 2.99. The fraction of sp³-hybridized carbons (Fsp3) is 0.324. The van der Waals surface area contributed by atoms with E-state index in [4.69, 9.17) is 19.7 Å². The van der Waals surface area contributed by atoms with Gasteiger partial charge in [0.1, 0.15) is 28.9 Å². The molecule has 0 heterocycles. The van der Waals surface area contributed by atoms with Crippen LogP contribution in [0.15, 0.2) is 128 Å². The third kappa shape index (κ3) is 13.6. The maximum absolute atomic E-state index is 9.06. The summed E-state index contributed by atoms with van der Waals surface area (Å²) in [5, 5.41) is 20.3. The van der Waals surface area contributed by atoms with Gasteiger partial charge in [0.05, 0.1) is 19.4 Å². The number of carboxylic acid groups (broad SMARTS) is 1. The zero-order valence-electron chi connectivity index (χ0n) is 26.2. The molecule has 0 spiro atoms. The molecule has 0 aliphatic rings. The second-order valence-corrected chi connectivity index (χ2v) is 13.8. The molecule has 2 aromatic carbocycles. The van der Waals surface area contributed by atoms with E-state index in [1.165, 1.54) is 34.3 Å². The van der Waals surface area contributed by atoms with Gasteiger partial charge < -0.3 is 14.9 Å². The van der Waals surface area contributed by atoms with E-state index >= 15 is 0 Å². The molecule has 43 heavy (non-hydrogen) atoms.